The zero-order valence-electron chi connectivity index (χ0n) is 19.4. The van der Waals surface area contributed by atoms with Crippen LogP contribution < -0.4 is 5.56 Å². The van der Waals surface area contributed by atoms with Crippen LogP contribution in [0.5, 0.6) is 0 Å². The maximum Gasteiger partial charge on any atom is 0.331 e. The first-order chi connectivity index (χ1) is 17.3. The van der Waals surface area contributed by atoms with Gasteiger partial charge in [0.05, 0.1) is 28.1 Å². The molecule has 2 aromatic carbocycles. The van der Waals surface area contributed by atoms with Gasteiger partial charge in [-0.3, -0.25) is 13.9 Å². The number of aryl methyl sites for hydroxylation is 1. The lowest BCUT2D eigenvalue weighted by atomic mass is 10.1. The van der Waals surface area contributed by atoms with Crippen LogP contribution in [0.3, 0.4) is 0 Å². The van der Waals surface area contributed by atoms with Crippen LogP contribution in [-0.2, 0) is 22.7 Å². The summed E-state index contributed by atoms with van der Waals surface area (Å²) >= 11 is 14.0. The average molecular weight is 539 g/mol. The summed E-state index contributed by atoms with van der Waals surface area (Å²) in [6.07, 6.45) is 3.01. The minimum absolute atomic E-state index is 0.106. The second kappa shape index (κ2) is 9.89. The highest BCUT2D eigenvalue weighted by atomic mass is 35.5. The lowest BCUT2D eigenvalue weighted by molar-refractivity contribution is -0.139. The number of thiazole rings is 1. The number of ether oxygens (including phenoxy) is 1. The number of hydrogen-bond acceptors (Lipinski definition) is 6. The second-order valence-electron chi connectivity index (χ2n) is 8.16. The first-order valence-electron chi connectivity index (χ1n) is 11.0. The van der Waals surface area contributed by atoms with Crippen LogP contribution >= 0.6 is 34.5 Å². The number of benzene rings is 2. The fourth-order valence-corrected chi connectivity index (χ4v) is 5.55. The van der Waals surface area contributed by atoms with E-state index in [0.29, 0.717) is 27.2 Å². The third-order valence-corrected chi connectivity index (χ3v) is 7.53. The van der Waals surface area contributed by atoms with Gasteiger partial charge in [0, 0.05) is 39.0 Å². The summed E-state index contributed by atoms with van der Waals surface area (Å²) in [5, 5.41) is 5.70. The Hall–Kier alpha value is -3.46. The largest absolute Gasteiger partial charge is 0.456 e. The molecule has 0 N–H and O–H groups in total. The smallest absolute Gasteiger partial charge is 0.331 e. The lowest BCUT2D eigenvalue weighted by Gasteiger charge is -2.09. The highest BCUT2D eigenvalue weighted by Gasteiger charge is 2.14. The SMILES string of the molecule is Cc1nn(Cc2c(Cl)cccc2Cl)c(C)c1C=CC(=O)OCc1cc(=O)n2c(n1)sc1ccccc12. The van der Waals surface area contributed by atoms with E-state index in [1.54, 1.807) is 33.4 Å². The number of fused-ring (bicyclic) bond motifs is 3. The van der Waals surface area contributed by atoms with E-state index in [-0.39, 0.29) is 12.2 Å². The van der Waals surface area contributed by atoms with Crippen molar-refractivity contribution >= 4 is 61.8 Å². The van der Waals surface area contributed by atoms with Crippen LogP contribution in [0, 0.1) is 13.8 Å². The Morgan fingerprint density at radius 3 is 2.64 bits per heavy atom. The summed E-state index contributed by atoms with van der Waals surface area (Å²) in [4.78, 5) is 30.1. The van der Waals surface area contributed by atoms with Gasteiger partial charge in [-0.15, -0.1) is 0 Å². The van der Waals surface area contributed by atoms with Crippen LogP contribution in [0.25, 0.3) is 21.3 Å². The molecule has 0 amide bonds. The predicted octanol–water partition coefficient (Wildman–Crippen LogP) is 5.83. The normalized spacial score (nSPS) is 11.7. The number of esters is 1. The molecule has 3 heterocycles. The van der Waals surface area contributed by atoms with Gasteiger partial charge < -0.3 is 4.74 Å². The molecule has 0 atom stereocenters. The molecule has 0 aliphatic rings. The van der Waals surface area contributed by atoms with E-state index in [4.69, 9.17) is 27.9 Å². The molecule has 182 valence electrons. The van der Waals surface area contributed by atoms with Crippen LogP contribution in [-0.4, -0.2) is 25.1 Å². The molecule has 5 aromatic rings. The van der Waals surface area contributed by atoms with Crippen molar-refractivity contribution in [2.45, 2.75) is 27.0 Å². The maximum absolute atomic E-state index is 12.6. The van der Waals surface area contributed by atoms with E-state index < -0.39 is 5.97 Å². The van der Waals surface area contributed by atoms with Crippen LogP contribution in [0.15, 0.2) is 59.4 Å². The van der Waals surface area contributed by atoms with Crippen molar-refractivity contribution in [3.05, 3.63) is 103 Å². The number of carbonyl (C=O) groups excluding carboxylic acids is 1. The van der Waals surface area contributed by atoms with Gasteiger partial charge in [-0.05, 0) is 44.2 Å². The molecular formula is C26H20Cl2N4O3S. The first kappa shape index (κ1) is 24.2. The number of nitrogens with zero attached hydrogens (tertiary/aromatic N) is 4. The maximum atomic E-state index is 12.6. The molecule has 0 saturated carbocycles. The fraction of sp³-hybridized carbons (Fsp3) is 0.154. The highest BCUT2D eigenvalue weighted by Crippen LogP contribution is 2.27. The minimum Gasteiger partial charge on any atom is -0.456 e. The summed E-state index contributed by atoms with van der Waals surface area (Å²) < 4.78 is 9.66. The second-order valence-corrected chi connectivity index (χ2v) is 9.98. The van der Waals surface area contributed by atoms with Crippen molar-refractivity contribution in [3.8, 4) is 0 Å². The quantitative estimate of drug-likeness (QED) is 0.200. The third kappa shape index (κ3) is 4.67. The van der Waals surface area contributed by atoms with Crippen molar-refractivity contribution in [2.24, 2.45) is 0 Å². The van der Waals surface area contributed by atoms with Crippen molar-refractivity contribution < 1.29 is 9.53 Å². The van der Waals surface area contributed by atoms with Crippen molar-refractivity contribution in [2.75, 3.05) is 0 Å². The Morgan fingerprint density at radius 1 is 1.11 bits per heavy atom. The molecule has 0 bridgehead atoms. The zero-order chi connectivity index (χ0) is 25.4. The monoisotopic (exact) mass is 538 g/mol. The number of para-hydroxylation sites is 1. The number of aromatic nitrogens is 4. The van der Waals surface area contributed by atoms with Gasteiger partial charge in [0.2, 0.25) is 0 Å². The molecular weight excluding hydrogens is 519 g/mol. The molecule has 36 heavy (non-hydrogen) atoms. The molecule has 7 nitrogen and oxygen atoms in total. The van der Waals surface area contributed by atoms with Crippen molar-refractivity contribution in [3.63, 3.8) is 0 Å². The van der Waals surface area contributed by atoms with Gasteiger partial charge in [0.1, 0.15) is 6.61 Å². The van der Waals surface area contributed by atoms with E-state index in [9.17, 15) is 9.59 Å². The van der Waals surface area contributed by atoms with Crippen molar-refractivity contribution in [1.29, 1.82) is 0 Å². The van der Waals surface area contributed by atoms with E-state index in [1.807, 2.05) is 38.1 Å². The summed E-state index contributed by atoms with van der Waals surface area (Å²) in [7, 11) is 0. The van der Waals surface area contributed by atoms with Crippen LogP contribution in [0.4, 0.5) is 0 Å². The minimum atomic E-state index is -0.547. The van der Waals surface area contributed by atoms with Gasteiger partial charge in [-0.25, -0.2) is 9.78 Å². The molecule has 0 aliphatic heterocycles. The molecule has 5 rings (SSSR count). The Morgan fingerprint density at radius 2 is 1.86 bits per heavy atom. The standard InChI is InChI=1S/C26H20Cl2N4O3S/c1-15-18(16(2)31(30-15)13-19-20(27)6-5-7-21(19)28)10-11-25(34)35-14-17-12-24(33)32-22-8-3-4-9-23(22)36-26(32)29-17/h3-12H,13-14H2,1-2H3. The molecule has 0 fully saturated rings. The molecule has 0 unspecified atom stereocenters. The van der Waals surface area contributed by atoms with Gasteiger partial charge in [-0.2, -0.15) is 5.10 Å². The lowest BCUT2D eigenvalue weighted by Crippen LogP contribution is -2.15. The molecule has 0 aliphatic carbocycles. The van der Waals surface area contributed by atoms with Gasteiger partial charge in [0.25, 0.3) is 5.56 Å². The summed E-state index contributed by atoms with van der Waals surface area (Å²) in [6, 6.07) is 14.4. The van der Waals surface area contributed by atoms with Gasteiger partial charge in [0.15, 0.2) is 4.96 Å². The van der Waals surface area contributed by atoms with Crippen molar-refractivity contribution in [1.82, 2.24) is 19.2 Å². The highest BCUT2D eigenvalue weighted by molar-refractivity contribution is 7.23. The summed E-state index contributed by atoms with van der Waals surface area (Å²) in [5.41, 5.74) is 4.19. The Bertz CT molecular complexity index is 1700. The summed E-state index contributed by atoms with van der Waals surface area (Å²) in [6.45, 7) is 4.07. The fourth-order valence-electron chi connectivity index (χ4n) is 3.98. The Balaban J connectivity index is 1.30. The third-order valence-electron chi connectivity index (χ3n) is 5.80. The van der Waals surface area contributed by atoms with Crippen LogP contribution in [0.2, 0.25) is 10.0 Å². The predicted molar refractivity (Wildman–Crippen MR) is 143 cm³/mol. The van der Waals surface area contributed by atoms with E-state index in [2.05, 4.69) is 10.1 Å². The summed E-state index contributed by atoms with van der Waals surface area (Å²) in [5.74, 6) is -0.547. The molecule has 0 saturated heterocycles. The molecule has 10 heteroatoms. The van der Waals surface area contributed by atoms with Gasteiger partial charge in [-0.1, -0.05) is 52.7 Å². The first-order valence-corrected chi connectivity index (χ1v) is 12.6. The van der Waals surface area contributed by atoms with E-state index >= 15 is 0 Å². The van der Waals surface area contributed by atoms with Crippen LogP contribution in [0.1, 0.15) is 28.2 Å². The number of halogens is 2. The average Bonchev–Trinajstić information content (AvgIpc) is 3.35. The van der Waals surface area contributed by atoms with E-state index in [1.165, 1.54) is 23.5 Å². The number of hydrogen-bond donors (Lipinski definition) is 0. The molecule has 0 spiro atoms. The zero-order valence-corrected chi connectivity index (χ0v) is 21.7. The number of rotatable bonds is 6. The Kier molecular flexibility index (Phi) is 6.66. The molecule has 3 aromatic heterocycles. The van der Waals surface area contributed by atoms with E-state index in [0.717, 1.165) is 32.7 Å². The molecule has 0 radical (unpaired) electrons. The Labute approximate surface area is 220 Å². The van der Waals surface area contributed by atoms with Gasteiger partial charge >= 0.3 is 5.97 Å². The topological polar surface area (TPSA) is 78.5 Å². The number of carbonyl (C=O) groups is 1.